The molecule has 0 unspecified atom stereocenters. The number of amides is 1. The Morgan fingerprint density at radius 3 is 2.60 bits per heavy atom. The van der Waals surface area contributed by atoms with Crippen molar-refractivity contribution in [1.29, 1.82) is 0 Å². The van der Waals surface area contributed by atoms with Gasteiger partial charge >= 0.3 is 0 Å². The molecule has 1 aromatic carbocycles. The Balaban J connectivity index is 3.45. The minimum Gasteiger partial charge on any atom is -0.504 e. The van der Waals surface area contributed by atoms with Gasteiger partial charge in [-0.15, -0.1) is 0 Å². The van der Waals surface area contributed by atoms with Gasteiger partial charge in [-0.3, -0.25) is 14.9 Å². The van der Waals surface area contributed by atoms with Gasteiger partial charge in [-0.1, -0.05) is 0 Å². The lowest BCUT2D eigenvalue weighted by atomic mass is 10.1. The topological polar surface area (TPSA) is 116 Å². The van der Waals surface area contributed by atoms with E-state index in [2.05, 4.69) is 0 Å². The van der Waals surface area contributed by atoms with Crippen LogP contribution in [0, 0.1) is 10.1 Å². The highest BCUT2D eigenvalue weighted by Gasteiger charge is 2.19. The van der Waals surface area contributed by atoms with Crippen LogP contribution in [-0.2, 0) is 0 Å². The molecule has 7 nitrogen and oxygen atoms in total. The average molecular weight is 212 g/mol. The number of ether oxygens (including phenoxy) is 1. The van der Waals surface area contributed by atoms with E-state index in [-0.39, 0.29) is 11.3 Å². The maximum Gasteiger partial charge on any atom is 0.274 e. The number of aromatic hydroxyl groups is 1. The summed E-state index contributed by atoms with van der Waals surface area (Å²) in [7, 11) is 1.22. The number of phenolic OH excluding ortho intramolecular Hbond substituents is 1. The summed E-state index contributed by atoms with van der Waals surface area (Å²) in [6.45, 7) is 0. The SMILES string of the molecule is COc1c(O)cc([N+](=O)[O-])cc1C(N)=O. The van der Waals surface area contributed by atoms with Crippen molar-refractivity contribution in [2.24, 2.45) is 5.73 Å². The van der Waals surface area contributed by atoms with Gasteiger partial charge in [-0.05, 0) is 0 Å². The summed E-state index contributed by atoms with van der Waals surface area (Å²) in [5, 5.41) is 19.8. The van der Waals surface area contributed by atoms with E-state index in [9.17, 15) is 20.0 Å². The number of carbonyl (C=O) groups is 1. The van der Waals surface area contributed by atoms with Gasteiger partial charge in [0.05, 0.1) is 23.7 Å². The summed E-state index contributed by atoms with van der Waals surface area (Å²) >= 11 is 0. The quantitative estimate of drug-likeness (QED) is 0.555. The summed E-state index contributed by atoms with van der Waals surface area (Å²) in [6, 6.07) is 1.83. The molecule has 0 aromatic heterocycles. The summed E-state index contributed by atoms with van der Waals surface area (Å²) in [4.78, 5) is 20.6. The second kappa shape index (κ2) is 3.82. The van der Waals surface area contributed by atoms with Crippen LogP contribution in [0.5, 0.6) is 11.5 Å². The number of phenols is 1. The monoisotopic (exact) mass is 212 g/mol. The summed E-state index contributed by atoms with van der Waals surface area (Å²) < 4.78 is 4.70. The standard InChI is InChI=1S/C8H8N2O5/c1-15-7-5(8(9)12)2-4(10(13)14)3-6(7)11/h2-3,11H,1H3,(H2,9,12). The van der Waals surface area contributed by atoms with Crippen molar-refractivity contribution in [1.82, 2.24) is 0 Å². The van der Waals surface area contributed by atoms with Gasteiger partial charge in [0.1, 0.15) is 0 Å². The Morgan fingerprint density at radius 1 is 1.60 bits per heavy atom. The molecule has 80 valence electrons. The molecule has 7 heteroatoms. The van der Waals surface area contributed by atoms with Crippen LogP contribution in [0.25, 0.3) is 0 Å². The molecule has 1 rings (SSSR count). The summed E-state index contributed by atoms with van der Waals surface area (Å²) in [6.07, 6.45) is 0. The molecule has 0 fully saturated rings. The lowest BCUT2D eigenvalue weighted by Gasteiger charge is -2.06. The number of primary amides is 1. The van der Waals surface area contributed by atoms with Crippen LogP contribution in [0.2, 0.25) is 0 Å². The fourth-order valence-electron chi connectivity index (χ4n) is 1.10. The molecule has 0 bridgehead atoms. The Hall–Kier alpha value is -2.31. The number of non-ortho nitro benzene ring substituents is 1. The second-order valence-electron chi connectivity index (χ2n) is 2.67. The van der Waals surface area contributed by atoms with Crippen LogP contribution in [0.4, 0.5) is 5.69 Å². The lowest BCUT2D eigenvalue weighted by Crippen LogP contribution is -2.13. The number of rotatable bonds is 3. The van der Waals surface area contributed by atoms with Gasteiger partial charge < -0.3 is 15.6 Å². The van der Waals surface area contributed by atoms with Crippen molar-refractivity contribution in [2.45, 2.75) is 0 Å². The molecule has 0 spiro atoms. The van der Waals surface area contributed by atoms with Crippen molar-refractivity contribution in [3.63, 3.8) is 0 Å². The molecule has 0 saturated heterocycles. The molecule has 0 atom stereocenters. The first kappa shape index (κ1) is 10.8. The van der Waals surface area contributed by atoms with Crippen LogP contribution >= 0.6 is 0 Å². The van der Waals surface area contributed by atoms with Gasteiger partial charge in [0.15, 0.2) is 11.5 Å². The maximum absolute atomic E-state index is 10.9. The van der Waals surface area contributed by atoms with Crippen LogP contribution < -0.4 is 10.5 Å². The zero-order chi connectivity index (χ0) is 11.6. The van der Waals surface area contributed by atoms with E-state index in [4.69, 9.17) is 10.5 Å². The minimum absolute atomic E-state index is 0.173. The first-order valence-electron chi connectivity index (χ1n) is 3.82. The van der Waals surface area contributed by atoms with E-state index in [1.807, 2.05) is 0 Å². The first-order chi connectivity index (χ1) is 6.97. The zero-order valence-corrected chi connectivity index (χ0v) is 7.76. The largest absolute Gasteiger partial charge is 0.504 e. The number of nitro groups is 1. The molecule has 0 aliphatic heterocycles. The fraction of sp³-hybridized carbons (Fsp3) is 0.125. The highest BCUT2D eigenvalue weighted by atomic mass is 16.6. The third-order valence-electron chi connectivity index (χ3n) is 1.73. The molecule has 15 heavy (non-hydrogen) atoms. The number of benzene rings is 1. The Morgan fingerprint density at radius 2 is 2.20 bits per heavy atom. The molecule has 3 N–H and O–H groups in total. The van der Waals surface area contributed by atoms with Crippen molar-refractivity contribution >= 4 is 11.6 Å². The molecule has 0 saturated carbocycles. The zero-order valence-electron chi connectivity index (χ0n) is 7.76. The van der Waals surface area contributed by atoms with Gasteiger partial charge in [-0.2, -0.15) is 0 Å². The summed E-state index contributed by atoms with van der Waals surface area (Å²) in [5.41, 5.74) is 4.31. The number of nitro benzene ring substituents is 1. The Bertz CT molecular complexity index is 429. The molecular weight excluding hydrogens is 204 g/mol. The molecule has 0 aliphatic rings. The molecular formula is C8H8N2O5. The van der Waals surface area contributed by atoms with Gasteiger partial charge in [0.2, 0.25) is 0 Å². The molecule has 1 aromatic rings. The number of nitrogens with two attached hydrogens (primary N) is 1. The van der Waals surface area contributed by atoms with Crippen LogP contribution in [0.3, 0.4) is 0 Å². The van der Waals surface area contributed by atoms with Crippen molar-refractivity contribution in [3.05, 3.63) is 27.8 Å². The van der Waals surface area contributed by atoms with Crippen LogP contribution in [0.15, 0.2) is 12.1 Å². The third-order valence-corrected chi connectivity index (χ3v) is 1.73. The van der Waals surface area contributed by atoms with Crippen LogP contribution in [-0.4, -0.2) is 23.0 Å². The lowest BCUT2D eigenvalue weighted by molar-refractivity contribution is -0.385. The fourth-order valence-corrected chi connectivity index (χ4v) is 1.10. The third kappa shape index (κ3) is 1.96. The first-order valence-corrected chi connectivity index (χ1v) is 3.82. The van der Waals surface area contributed by atoms with Crippen molar-refractivity contribution in [2.75, 3.05) is 7.11 Å². The van der Waals surface area contributed by atoms with Crippen molar-refractivity contribution in [3.8, 4) is 11.5 Å². The molecule has 0 heterocycles. The molecule has 1 amide bonds. The van der Waals surface area contributed by atoms with Gasteiger partial charge in [0.25, 0.3) is 11.6 Å². The Kier molecular flexibility index (Phi) is 2.75. The van der Waals surface area contributed by atoms with E-state index in [0.717, 1.165) is 12.1 Å². The normalized spacial score (nSPS) is 9.67. The smallest absolute Gasteiger partial charge is 0.274 e. The Labute approximate surface area is 84.2 Å². The minimum atomic E-state index is -0.911. The van der Waals surface area contributed by atoms with Gasteiger partial charge in [-0.25, -0.2) is 0 Å². The van der Waals surface area contributed by atoms with Crippen molar-refractivity contribution < 1.29 is 19.6 Å². The van der Waals surface area contributed by atoms with E-state index in [0.29, 0.717) is 0 Å². The van der Waals surface area contributed by atoms with E-state index in [1.165, 1.54) is 7.11 Å². The highest BCUT2D eigenvalue weighted by molar-refractivity contribution is 5.97. The maximum atomic E-state index is 10.9. The number of carbonyl (C=O) groups excluding carboxylic acids is 1. The average Bonchev–Trinajstić information content (AvgIpc) is 2.16. The molecule has 0 radical (unpaired) electrons. The predicted molar refractivity (Wildman–Crippen MR) is 49.8 cm³/mol. The number of hydrogen-bond donors (Lipinski definition) is 2. The van der Waals surface area contributed by atoms with E-state index >= 15 is 0 Å². The number of methoxy groups -OCH3 is 1. The second-order valence-corrected chi connectivity index (χ2v) is 2.67. The van der Waals surface area contributed by atoms with Gasteiger partial charge in [0, 0.05) is 6.07 Å². The summed E-state index contributed by atoms with van der Waals surface area (Å²) in [5.74, 6) is -1.58. The van der Waals surface area contributed by atoms with Crippen LogP contribution in [0.1, 0.15) is 10.4 Å². The number of hydrogen-bond acceptors (Lipinski definition) is 5. The predicted octanol–water partition coefficient (Wildman–Crippen LogP) is 0.408. The molecule has 0 aliphatic carbocycles. The van der Waals surface area contributed by atoms with E-state index < -0.39 is 22.3 Å². The highest BCUT2D eigenvalue weighted by Crippen LogP contribution is 2.34. The van der Waals surface area contributed by atoms with E-state index in [1.54, 1.807) is 0 Å². The number of nitrogens with zero attached hydrogens (tertiary/aromatic N) is 1.